The average molecular weight is 556 g/mol. The third-order valence-electron chi connectivity index (χ3n) is 4.87. The molecule has 0 saturated carbocycles. The fourth-order valence-corrected chi connectivity index (χ4v) is 4.18. The molecule has 0 aliphatic carbocycles. The van der Waals surface area contributed by atoms with E-state index in [1.165, 1.54) is 0 Å². The van der Waals surface area contributed by atoms with Crippen molar-refractivity contribution in [1.82, 2.24) is 9.97 Å². The van der Waals surface area contributed by atoms with E-state index in [0.717, 1.165) is 31.3 Å². The van der Waals surface area contributed by atoms with Crippen LogP contribution in [0.2, 0.25) is 5.02 Å². The second-order valence-electron chi connectivity index (χ2n) is 7.23. The van der Waals surface area contributed by atoms with E-state index in [9.17, 15) is 5.26 Å². The van der Waals surface area contributed by atoms with Crippen LogP contribution in [0.4, 0.5) is 0 Å². The molecule has 7 heteroatoms. The van der Waals surface area contributed by atoms with Gasteiger partial charge in [-0.2, -0.15) is 5.26 Å². The fraction of sp³-hybridized carbons (Fsp3) is 0.120. The Morgan fingerprint density at radius 3 is 2.69 bits per heavy atom. The number of ether oxygens (including phenoxy) is 2. The highest BCUT2D eigenvalue weighted by atomic mass is 127. The number of nitrogens with one attached hydrogen (secondary N) is 1. The molecule has 3 aromatic carbocycles. The number of allylic oxidation sites excluding steroid dienone is 1. The van der Waals surface area contributed by atoms with Crippen LogP contribution in [0.25, 0.3) is 22.7 Å². The van der Waals surface area contributed by atoms with Crippen molar-refractivity contribution in [2.24, 2.45) is 0 Å². The van der Waals surface area contributed by atoms with E-state index >= 15 is 0 Å². The number of nitriles is 1. The number of halogens is 2. The quantitative estimate of drug-likeness (QED) is 0.210. The van der Waals surface area contributed by atoms with Gasteiger partial charge in [0, 0.05) is 5.02 Å². The van der Waals surface area contributed by atoms with Gasteiger partial charge in [-0.3, -0.25) is 0 Å². The molecule has 0 aliphatic heterocycles. The van der Waals surface area contributed by atoms with Crippen molar-refractivity contribution in [2.75, 3.05) is 7.11 Å². The van der Waals surface area contributed by atoms with Gasteiger partial charge in [-0.05, 0) is 88.7 Å². The fourth-order valence-electron chi connectivity index (χ4n) is 3.27. The molecule has 1 aromatic heterocycles. The summed E-state index contributed by atoms with van der Waals surface area (Å²) in [4.78, 5) is 7.79. The molecule has 0 fully saturated rings. The van der Waals surface area contributed by atoms with Gasteiger partial charge in [0.05, 0.1) is 27.3 Å². The zero-order valence-corrected chi connectivity index (χ0v) is 20.4. The largest absolute Gasteiger partial charge is 0.493 e. The Morgan fingerprint density at radius 2 is 1.97 bits per heavy atom. The number of aromatic nitrogens is 2. The van der Waals surface area contributed by atoms with Gasteiger partial charge in [-0.25, -0.2) is 4.98 Å². The van der Waals surface area contributed by atoms with E-state index in [1.54, 1.807) is 13.2 Å². The number of imidazole rings is 1. The van der Waals surface area contributed by atoms with Crippen LogP contribution in [0, 0.1) is 21.8 Å². The summed E-state index contributed by atoms with van der Waals surface area (Å²) in [5.74, 6) is 1.78. The molecule has 0 amide bonds. The van der Waals surface area contributed by atoms with E-state index in [2.05, 4.69) is 38.6 Å². The summed E-state index contributed by atoms with van der Waals surface area (Å²) in [6.45, 7) is 2.41. The van der Waals surface area contributed by atoms with E-state index < -0.39 is 0 Å². The second-order valence-corrected chi connectivity index (χ2v) is 8.82. The van der Waals surface area contributed by atoms with Crippen molar-refractivity contribution in [3.63, 3.8) is 0 Å². The Morgan fingerprint density at radius 1 is 1.19 bits per heavy atom. The molecule has 5 nitrogen and oxygen atoms in total. The van der Waals surface area contributed by atoms with Crippen LogP contribution in [0.15, 0.2) is 54.6 Å². The number of aryl methyl sites for hydroxylation is 1. The topological polar surface area (TPSA) is 70.9 Å². The predicted octanol–water partition coefficient (Wildman–Crippen LogP) is 6.78. The molecule has 1 N–H and O–H groups in total. The normalized spacial score (nSPS) is 11.4. The molecule has 160 valence electrons. The minimum atomic E-state index is 0.389. The lowest BCUT2D eigenvalue weighted by molar-refractivity contribution is 0.282. The third kappa shape index (κ3) is 4.90. The Bertz CT molecular complexity index is 1350. The zero-order valence-electron chi connectivity index (χ0n) is 17.4. The number of aromatic amines is 1. The summed E-state index contributed by atoms with van der Waals surface area (Å²) in [6, 6.07) is 19.5. The average Bonchev–Trinajstić information content (AvgIpc) is 3.20. The van der Waals surface area contributed by atoms with Crippen LogP contribution >= 0.6 is 34.2 Å². The predicted molar refractivity (Wildman–Crippen MR) is 136 cm³/mol. The number of H-pyrrole nitrogens is 1. The van der Waals surface area contributed by atoms with Crippen LogP contribution in [0.5, 0.6) is 11.5 Å². The molecule has 0 radical (unpaired) electrons. The summed E-state index contributed by atoms with van der Waals surface area (Å²) in [5, 5.41) is 10.4. The first-order valence-corrected chi connectivity index (χ1v) is 11.3. The van der Waals surface area contributed by atoms with Gasteiger partial charge in [-0.15, -0.1) is 0 Å². The molecule has 4 aromatic rings. The van der Waals surface area contributed by atoms with Crippen LogP contribution < -0.4 is 9.47 Å². The first-order chi connectivity index (χ1) is 15.5. The van der Waals surface area contributed by atoms with E-state index in [0.29, 0.717) is 34.5 Å². The number of rotatable bonds is 6. The van der Waals surface area contributed by atoms with E-state index in [4.69, 9.17) is 21.1 Å². The Balaban J connectivity index is 1.63. The molecule has 1 heterocycles. The Labute approximate surface area is 204 Å². The highest BCUT2D eigenvalue weighted by Gasteiger charge is 2.14. The molecule has 0 spiro atoms. The van der Waals surface area contributed by atoms with Crippen molar-refractivity contribution < 1.29 is 9.47 Å². The highest BCUT2D eigenvalue weighted by Crippen LogP contribution is 2.35. The number of benzene rings is 3. The number of hydrogen-bond donors (Lipinski definition) is 1. The molecule has 0 bridgehead atoms. The van der Waals surface area contributed by atoms with Gasteiger partial charge in [0.25, 0.3) is 0 Å². The van der Waals surface area contributed by atoms with Gasteiger partial charge in [-0.1, -0.05) is 29.8 Å². The standard InChI is InChI=1S/C25H19ClIN3O2/c1-15-3-8-21-22(9-15)30-25(29-21)18(13-28)10-17-11-20(27)24(23(12-17)31-2)32-14-16-4-6-19(26)7-5-16/h3-12H,14H2,1-2H3,(H,29,30). The van der Waals surface area contributed by atoms with Crippen LogP contribution in [0.1, 0.15) is 22.5 Å². The maximum Gasteiger partial charge on any atom is 0.174 e. The van der Waals surface area contributed by atoms with Crippen LogP contribution in [-0.2, 0) is 6.61 Å². The third-order valence-corrected chi connectivity index (χ3v) is 5.93. The molecule has 0 atom stereocenters. The number of hydrogen-bond acceptors (Lipinski definition) is 4. The van der Waals surface area contributed by atoms with E-state index in [-0.39, 0.29) is 0 Å². The van der Waals surface area contributed by atoms with Crippen LogP contribution in [0.3, 0.4) is 0 Å². The second kappa shape index (κ2) is 9.63. The highest BCUT2D eigenvalue weighted by molar-refractivity contribution is 14.1. The zero-order chi connectivity index (χ0) is 22.7. The molecular weight excluding hydrogens is 537 g/mol. The summed E-state index contributed by atoms with van der Waals surface area (Å²) in [6.07, 6.45) is 1.79. The first kappa shape index (κ1) is 22.2. The van der Waals surface area contributed by atoms with Crippen molar-refractivity contribution in [3.8, 4) is 17.6 Å². The monoisotopic (exact) mass is 555 g/mol. The number of fused-ring (bicyclic) bond motifs is 1. The van der Waals surface area contributed by atoms with Gasteiger partial charge in [0.2, 0.25) is 0 Å². The van der Waals surface area contributed by atoms with Crippen molar-refractivity contribution >= 4 is 56.9 Å². The molecule has 0 saturated heterocycles. The summed E-state index contributed by atoms with van der Waals surface area (Å²) < 4.78 is 12.5. The number of nitrogens with zero attached hydrogens (tertiary/aromatic N) is 2. The summed E-state index contributed by atoms with van der Waals surface area (Å²) >= 11 is 8.16. The Hall–Kier alpha value is -3.02. The lowest BCUT2D eigenvalue weighted by Gasteiger charge is -2.14. The molecule has 32 heavy (non-hydrogen) atoms. The maximum atomic E-state index is 9.76. The van der Waals surface area contributed by atoms with Crippen molar-refractivity contribution in [2.45, 2.75) is 13.5 Å². The van der Waals surface area contributed by atoms with Gasteiger partial charge >= 0.3 is 0 Å². The van der Waals surface area contributed by atoms with Crippen molar-refractivity contribution in [1.29, 1.82) is 5.26 Å². The molecular formula is C25H19ClIN3O2. The molecule has 0 unspecified atom stereocenters. The van der Waals surface area contributed by atoms with Crippen LogP contribution in [-0.4, -0.2) is 17.1 Å². The SMILES string of the molecule is COc1cc(C=C(C#N)c2nc3ccc(C)cc3[nH]2)cc(I)c1OCc1ccc(Cl)cc1. The van der Waals surface area contributed by atoms with E-state index in [1.807, 2.05) is 61.5 Å². The summed E-state index contributed by atoms with van der Waals surface area (Å²) in [5.41, 5.74) is 5.11. The molecule has 0 aliphatic rings. The van der Waals surface area contributed by atoms with Gasteiger partial charge in [0.1, 0.15) is 18.5 Å². The lowest BCUT2D eigenvalue weighted by atomic mass is 10.1. The maximum absolute atomic E-state index is 9.76. The first-order valence-electron chi connectivity index (χ1n) is 9.80. The molecule has 4 rings (SSSR count). The van der Waals surface area contributed by atoms with Gasteiger partial charge < -0.3 is 14.5 Å². The summed E-state index contributed by atoms with van der Waals surface area (Å²) in [7, 11) is 1.60. The number of methoxy groups -OCH3 is 1. The minimum Gasteiger partial charge on any atom is -0.493 e. The van der Waals surface area contributed by atoms with Gasteiger partial charge in [0.15, 0.2) is 11.5 Å². The Kier molecular flexibility index (Phi) is 6.68. The smallest absolute Gasteiger partial charge is 0.174 e. The minimum absolute atomic E-state index is 0.389. The lowest BCUT2D eigenvalue weighted by Crippen LogP contribution is -2.00. The van der Waals surface area contributed by atoms with Crippen molar-refractivity contribution in [3.05, 3.63) is 85.7 Å².